The molecule has 0 bridgehead atoms. The van der Waals surface area contributed by atoms with Crippen LogP contribution in [-0.4, -0.2) is 22.5 Å². The molecule has 1 aromatic carbocycles. The van der Waals surface area contributed by atoms with E-state index in [1.54, 1.807) is 19.1 Å². The number of carbonyl (C=O) groups is 1. The van der Waals surface area contributed by atoms with Gasteiger partial charge in [0.1, 0.15) is 0 Å². The van der Waals surface area contributed by atoms with Gasteiger partial charge in [0.2, 0.25) is 0 Å². The van der Waals surface area contributed by atoms with Gasteiger partial charge in [0.05, 0.1) is 11.8 Å². The second kappa shape index (κ2) is 3.71. The van der Waals surface area contributed by atoms with Gasteiger partial charge in [-0.25, -0.2) is 4.79 Å². The van der Waals surface area contributed by atoms with Crippen molar-refractivity contribution in [2.75, 3.05) is 0 Å². The summed E-state index contributed by atoms with van der Waals surface area (Å²) in [6.45, 7) is 1.69. The molecule has 68 valence electrons. The number of benzene rings is 1. The van der Waals surface area contributed by atoms with E-state index in [-0.39, 0.29) is 5.56 Å². The van der Waals surface area contributed by atoms with Crippen molar-refractivity contribution in [3.8, 4) is 0 Å². The van der Waals surface area contributed by atoms with Crippen molar-refractivity contribution in [2.45, 2.75) is 6.92 Å². The van der Waals surface area contributed by atoms with Gasteiger partial charge in [-0.3, -0.25) is 0 Å². The minimum absolute atomic E-state index is 0.259. The van der Waals surface area contributed by atoms with E-state index in [4.69, 9.17) is 10.3 Å². The Labute approximate surface area is 75.1 Å². The van der Waals surface area contributed by atoms with Crippen LogP contribution in [0.15, 0.2) is 23.4 Å². The Hall–Kier alpha value is -1.84. The van der Waals surface area contributed by atoms with E-state index in [1.807, 2.05) is 0 Å². The van der Waals surface area contributed by atoms with Crippen LogP contribution < -0.4 is 0 Å². The number of hydrogen-bond donors (Lipinski definition) is 2. The van der Waals surface area contributed by atoms with Gasteiger partial charge in [0, 0.05) is 0 Å². The van der Waals surface area contributed by atoms with Crippen molar-refractivity contribution < 1.29 is 15.1 Å². The molecule has 0 heterocycles. The molecule has 4 nitrogen and oxygen atoms in total. The van der Waals surface area contributed by atoms with E-state index >= 15 is 0 Å². The van der Waals surface area contributed by atoms with Gasteiger partial charge in [0.25, 0.3) is 0 Å². The average molecular weight is 179 g/mol. The van der Waals surface area contributed by atoms with Crippen molar-refractivity contribution in [1.29, 1.82) is 0 Å². The molecule has 2 N–H and O–H groups in total. The third kappa shape index (κ3) is 2.05. The van der Waals surface area contributed by atoms with Crippen molar-refractivity contribution >= 4 is 12.2 Å². The fourth-order valence-corrected chi connectivity index (χ4v) is 1.07. The molecule has 0 radical (unpaired) electrons. The highest BCUT2D eigenvalue weighted by Gasteiger charge is 2.05. The van der Waals surface area contributed by atoms with E-state index in [0.717, 1.165) is 0 Å². The minimum atomic E-state index is -0.954. The van der Waals surface area contributed by atoms with Crippen LogP contribution in [0.4, 0.5) is 0 Å². The first kappa shape index (κ1) is 9.25. The molecule has 0 saturated carbocycles. The second-order valence-electron chi connectivity index (χ2n) is 2.62. The number of carboxylic acid groups (broad SMARTS) is 1. The molecule has 0 saturated heterocycles. The molecule has 4 heteroatoms. The topological polar surface area (TPSA) is 69.9 Å². The van der Waals surface area contributed by atoms with Gasteiger partial charge < -0.3 is 10.3 Å². The number of hydrogen-bond acceptors (Lipinski definition) is 3. The maximum atomic E-state index is 10.6. The molecule has 0 unspecified atom stereocenters. The lowest BCUT2D eigenvalue weighted by molar-refractivity contribution is 0.0696. The van der Waals surface area contributed by atoms with Crippen LogP contribution in [0.5, 0.6) is 0 Å². The highest BCUT2D eigenvalue weighted by atomic mass is 16.4. The third-order valence-electron chi connectivity index (χ3n) is 1.69. The van der Waals surface area contributed by atoms with Gasteiger partial charge in [-0.05, 0) is 30.2 Å². The van der Waals surface area contributed by atoms with Gasteiger partial charge in [-0.2, -0.15) is 0 Å². The van der Waals surface area contributed by atoms with Crippen LogP contribution >= 0.6 is 0 Å². The van der Waals surface area contributed by atoms with Crippen molar-refractivity contribution in [2.24, 2.45) is 5.16 Å². The normalized spacial score (nSPS) is 10.5. The molecule has 1 aromatic rings. The van der Waals surface area contributed by atoms with Crippen LogP contribution in [0.1, 0.15) is 21.5 Å². The van der Waals surface area contributed by atoms with Gasteiger partial charge >= 0.3 is 5.97 Å². The quantitative estimate of drug-likeness (QED) is 0.410. The highest BCUT2D eigenvalue weighted by molar-refractivity contribution is 5.91. The fraction of sp³-hybridized carbons (Fsp3) is 0.111. The number of oxime groups is 1. The van der Waals surface area contributed by atoms with Gasteiger partial charge in [-0.1, -0.05) is 11.2 Å². The Bertz CT molecular complexity index is 358. The van der Waals surface area contributed by atoms with Crippen LogP contribution in [0.3, 0.4) is 0 Å². The molecule has 0 aliphatic carbocycles. The first-order valence-electron chi connectivity index (χ1n) is 3.66. The first-order chi connectivity index (χ1) is 6.15. The number of rotatable bonds is 2. The number of nitrogens with zero attached hydrogens (tertiary/aromatic N) is 1. The number of aromatic carboxylic acids is 1. The van der Waals surface area contributed by atoms with Gasteiger partial charge in [0.15, 0.2) is 0 Å². The summed E-state index contributed by atoms with van der Waals surface area (Å²) in [6.07, 6.45) is 1.25. The van der Waals surface area contributed by atoms with Crippen molar-refractivity contribution in [3.63, 3.8) is 0 Å². The number of carboxylic acids is 1. The lowest BCUT2D eigenvalue weighted by Crippen LogP contribution is -1.99. The molecule has 0 amide bonds. The van der Waals surface area contributed by atoms with E-state index in [2.05, 4.69) is 5.16 Å². The molecule has 13 heavy (non-hydrogen) atoms. The Morgan fingerprint density at radius 2 is 2.23 bits per heavy atom. The molecule has 0 atom stereocenters. The van der Waals surface area contributed by atoms with E-state index in [9.17, 15) is 4.79 Å². The maximum absolute atomic E-state index is 10.6. The third-order valence-corrected chi connectivity index (χ3v) is 1.69. The predicted molar refractivity (Wildman–Crippen MR) is 47.5 cm³/mol. The summed E-state index contributed by atoms with van der Waals surface area (Å²) in [6, 6.07) is 4.70. The minimum Gasteiger partial charge on any atom is -0.478 e. The highest BCUT2D eigenvalue weighted by Crippen LogP contribution is 2.09. The maximum Gasteiger partial charge on any atom is 0.335 e. The Kier molecular flexibility index (Phi) is 2.64. The zero-order valence-electron chi connectivity index (χ0n) is 7.06. The SMILES string of the molecule is Cc1cc(/C=N\O)ccc1C(=O)O. The van der Waals surface area contributed by atoms with Crippen molar-refractivity contribution in [1.82, 2.24) is 0 Å². The van der Waals surface area contributed by atoms with Crippen LogP contribution in [-0.2, 0) is 0 Å². The summed E-state index contributed by atoms with van der Waals surface area (Å²) in [5.41, 5.74) is 1.57. The Morgan fingerprint density at radius 3 is 2.69 bits per heavy atom. The van der Waals surface area contributed by atoms with Crippen LogP contribution in [0.2, 0.25) is 0 Å². The fourth-order valence-electron chi connectivity index (χ4n) is 1.07. The molecule has 0 aromatic heterocycles. The molecule has 0 spiro atoms. The molecular weight excluding hydrogens is 170 g/mol. The Morgan fingerprint density at radius 1 is 1.54 bits per heavy atom. The molecular formula is C9H9NO3. The van der Waals surface area contributed by atoms with E-state index < -0.39 is 5.97 Å². The van der Waals surface area contributed by atoms with Crippen LogP contribution in [0, 0.1) is 6.92 Å². The summed E-state index contributed by atoms with van der Waals surface area (Å²) in [4.78, 5) is 10.6. The summed E-state index contributed by atoms with van der Waals surface area (Å²) >= 11 is 0. The summed E-state index contributed by atoms with van der Waals surface area (Å²) in [5.74, 6) is -0.954. The predicted octanol–water partition coefficient (Wildman–Crippen LogP) is 1.50. The molecule has 0 aliphatic heterocycles. The summed E-state index contributed by atoms with van der Waals surface area (Å²) in [5, 5.41) is 19.8. The Balaban J connectivity index is 3.12. The largest absolute Gasteiger partial charge is 0.478 e. The number of aryl methyl sites for hydroxylation is 1. The molecule has 0 aliphatic rings. The van der Waals surface area contributed by atoms with E-state index in [0.29, 0.717) is 11.1 Å². The monoisotopic (exact) mass is 179 g/mol. The standard InChI is InChI=1S/C9H9NO3/c1-6-4-7(5-10-13)2-3-8(6)9(11)12/h2-5,13H,1H3,(H,11,12)/b10-5-. The zero-order valence-corrected chi connectivity index (χ0v) is 7.06. The zero-order chi connectivity index (χ0) is 9.84. The average Bonchev–Trinajstić information content (AvgIpc) is 2.04. The smallest absolute Gasteiger partial charge is 0.335 e. The molecule has 0 fully saturated rings. The van der Waals surface area contributed by atoms with E-state index in [1.165, 1.54) is 12.3 Å². The van der Waals surface area contributed by atoms with Crippen molar-refractivity contribution in [3.05, 3.63) is 34.9 Å². The first-order valence-corrected chi connectivity index (χ1v) is 3.66. The lowest BCUT2D eigenvalue weighted by atomic mass is 10.1. The van der Waals surface area contributed by atoms with Gasteiger partial charge in [-0.15, -0.1) is 0 Å². The summed E-state index contributed by atoms with van der Waals surface area (Å²) < 4.78 is 0. The molecule has 1 rings (SSSR count). The second-order valence-corrected chi connectivity index (χ2v) is 2.62. The summed E-state index contributed by atoms with van der Waals surface area (Å²) in [7, 11) is 0. The lowest BCUT2D eigenvalue weighted by Gasteiger charge is -2.00. The van der Waals surface area contributed by atoms with Crippen LogP contribution in [0.25, 0.3) is 0 Å².